The maximum absolute atomic E-state index is 13.4. The van der Waals surface area contributed by atoms with Crippen molar-refractivity contribution in [3.63, 3.8) is 0 Å². The number of hydrogen-bond donors (Lipinski definition) is 2. The van der Waals surface area contributed by atoms with Gasteiger partial charge in [-0.05, 0) is 12.5 Å². The number of ether oxygens (including phenoxy) is 1. The number of nitro benzene ring substituents is 1. The van der Waals surface area contributed by atoms with Crippen LogP contribution < -0.4 is 15.8 Å². The molecule has 0 spiro atoms. The van der Waals surface area contributed by atoms with Crippen LogP contribution in [-0.4, -0.2) is 30.0 Å². The molecule has 0 heterocycles. The van der Waals surface area contributed by atoms with Crippen LogP contribution in [0.4, 0.5) is 10.1 Å². The highest BCUT2D eigenvalue weighted by atomic mass is 35.5. The third kappa shape index (κ3) is 7.25. The number of nitrogens with two attached hydrogens (primary N) is 1. The Morgan fingerprint density at radius 2 is 2.22 bits per heavy atom. The van der Waals surface area contributed by atoms with Gasteiger partial charge in [0, 0.05) is 24.7 Å². The van der Waals surface area contributed by atoms with Gasteiger partial charge in [-0.1, -0.05) is 19.8 Å². The fourth-order valence-electron chi connectivity index (χ4n) is 1.84. The molecule has 23 heavy (non-hydrogen) atoms. The molecule has 0 aliphatic carbocycles. The van der Waals surface area contributed by atoms with Crippen LogP contribution in [0.1, 0.15) is 26.2 Å². The summed E-state index contributed by atoms with van der Waals surface area (Å²) in [5.41, 5.74) is 4.93. The van der Waals surface area contributed by atoms with E-state index in [1.165, 1.54) is 6.07 Å². The summed E-state index contributed by atoms with van der Waals surface area (Å²) in [6.07, 6.45) is 2.74. The average molecular weight is 350 g/mol. The van der Waals surface area contributed by atoms with E-state index >= 15 is 0 Å². The fourth-order valence-corrected chi connectivity index (χ4v) is 1.84. The van der Waals surface area contributed by atoms with Crippen LogP contribution in [0.2, 0.25) is 0 Å². The summed E-state index contributed by atoms with van der Waals surface area (Å²) >= 11 is 0. The van der Waals surface area contributed by atoms with Crippen molar-refractivity contribution in [1.82, 2.24) is 5.32 Å². The molecule has 0 bridgehead atoms. The monoisotopic (exact) mass is 349 g/mol. The summed E-state index contributed by atoms with van der Waals surface area (Å²) in [5.74, 6) is -1.33. The van der Waals surface area contributed by atoms with Gasteiger partial charge in [-0.15, -0.1) is 12.4 Å². The molecule has 130 valence electrons. The van der Waals surface area contributed by atoms with Crippen LogP contribution in [0.15, 0.2) is 18.2 Å². The fraction of sp³-hybridized carbons (Fsp3) is 0.500. The number of rotatable bonds is 9. The van der Waals surface area contributed by atoms with Crippen molar-refractivity contribution < 1.29 is 18.8 Å². The molecule has 1 unspecified atom stereocenters. The first-order chi connectivity index (χ1) is 10.5. The second-order valence-electron chi connectivity index (χ2n) is 4.80. The van der Waals surface area contributed by atoms with E-state index in [-0.39, 0.29) is 36.7 Å². The Morgan fingerprint density at radius 1 is 1.52 bits per heavy atom. The molecule has 0 aromatic heterocycles. The van der Waals surface area contributed by atoms with Crippen LogP contribution in [0, 0.1) is 15.9 Å². The third-order valence-corrected chi connectivity index (χ3v) is 3.04. The lowest BCUT2D eigenvalue weighted by Gasteiger charge is -2.16. The van der Waals surface area contributed by atoms with Crippen molar-refractivity contribution in [3.8, 4) is 5.75 Å². The number of nitrogens with one attached hydrogen (secondary N) is 1. The first-order valence-electron chi connectivity index (χ1n) is 7.04. The van der Waals surface area contributed by atoms with Crippen molar-refractivity contribution >= 4 is 24.0 Å². The zero-order valence-corrected chi connectivity index (χ0v) is 13.6. The number of amides is 1. The van der Waals surface area contributed by atoms with E-state index in [1.807, 2.05) is 6.92 Å². The SMILES string of the molecule is CCCCC(CN)NC(=O)COc1ccc([N+](=O)[O-])c(F)c1.Cl. The molecular weight excluding hydrogens is 329 g/mol. The minimum Gasteiger partial charge on any atom is -0.484 e. The molecule has 0 radical (unpaired) electrons. The van der Waals surface area contributed by atoms with Crippen LogP contribution in [0.25, 0.3) is 0 Å². The molecule has 1 amide bonds. The lowest BCUT2D eigenvalue weighted by Crippen LogP contribution is -2.42. The Bertz CT molecular complexity index is 531. The van der Waals surface area contributed by atoms with Gasteiger partial charge in [0.05, 0.1) is 4.92 Å². The maximum atomic E-state index is 13.4. The highest BCUT2D eigenvalue weighted by molar-refractivity contribution is 5.85. The number of carbonyl (C=O) groups is 1. The highest BCUT2D eigenvalue weighted by Crippen LogP contribution is 2.22. The van der Waals surface area contributed by atoms with Crippen molar-refractivity contribution in [2.24, 2.45) is 5.73 Å². The second-order valence-corrected chi connectivity index (χ2v) is 4.80. The first kappa shape index (κ1) is 21.1. The Morgan fingerprint density at radius 3 is 2.74 bits per heavy atom. The molecule has 1 rings (SSSR count). The zero-order valence-electron chi connectivity index (χ0n) is 12.8. The topological polar surface area (TPSA) is 107 Å². The molecule has 0 saturated carbocycles. The third-order valence-electron chi connectivity index (χ3n) is 3.04. The van der Waals surface area contributed by atoms with Crippen molar-refractivity contribution in [1.29, 1.82) is 0 Å². The molecule has 0 aliphatic heterocycles. The van der Waals surface area contributed by atoms with E-state index in [0.717, 1.165) is 31.4 Å². The Kier molecular flexibility index (Phi) is 9.84. The van der Waals surface area contributed by atoms with Gasteiger partial charge >= 0.3 is 5.69 Å². The lowest BCUT2D eigenvalue weighted by molar-refractivity contribution is -0.387. The van der Waals surface area contributed by atoms with E-state index in [0.29, 0.717) is 6.54 Å². The zero-order chi connectivity index (χ0) is 16.5. The number of carbonyl (C=O) groups excluding carboxylic acids is 1. The summed E-state index contributed by atoms with van der Waals surface area (Å²) < 4.78 is 18.5. The van der Waals surface area contributed by atoms with E-state index in [2.05, 4.69) is 5.32 Å². The molecule has 0 fully saturated rings. The molecule has 1 atom stereocenters. The number of unbranched alkanes of at least 4 members (excludes halogenated alkanes) is 1. The minimum atomic E-state index is -1.01. The van der Waals surface area contributed by atoms with Gasteiger partial charge in [0.25, 0.3) is 5.91 Å². The number of halogens is 2. The molecular formula is C14H21ClFN3O4. The predicted octanol–water partition coefficient (Wildman–Crippen LogP) is 2.17. The number of nitro groups is 1. The summed E-state index contributed by atoms with van der Waals surface area (Å²) in [7, 11) is 0. The van der Waals surface area contributed by atoms with Gasteiger partial charge < -0.3 is 15.8 Å². The smallest absolute Gasteiger partial charge is 0.305 e. The molecule has 9 heteroatoms. The van der Waals surface area contributed by atoms with Gasteiger partial charge in [0.1, 0.15) is 5.75 Å². The second kappa shape index (κ2) is 10.7. The van der Waals surface area contributed by atoms with Crippen molar-refractivity contribution in [3.05, 3.63) is 34.1 Å². The first-order valence-corrected chi connectivity index (χ1v) is 7.04. The maximum Gasteiger partial charge on any atom is 0.305 e. The average Bonchev–Trinajstić information content (AvgIpc) is 2.49. The normalized spacial score (nSPS) is 11.3. The Hall–Kier alpha value is -1.93. The summed E-state index contributed by atoms with van der Waals surface area (Å²) in [4.78, 5) is 21.4. The van der Waals surface area contributed by atoms with Crippen molar-refractivity contribution in [2.75, 3.05) is 13.2 Å². The quantitative estimate of drug-likeness (QED) is 0.524. The Balaban J connectivity index is 0.00000484. The standard InChI is InChI=1S/C14H20FN3O4.ClH/c1-2-3-4-10(8-16)17-14(19)9-22-11-5-6-13(18(20)21)12(15)7-11;/h5-7,10H,2-4,8-9,16H2,1H3,(H,17,19);1H. The number of nitrogens with zero attached hydrogens (tertiary/aromatic N) is 1. The minimum absolute atomic E-state index is 0. The van der Waals surface area contributed by atoms with E-state index in [9.17, 15) is 19.3 Å². The van der Waals surface area contributed by atoms with Crippen LogP contribution in [-0.2, 0) is 4.79 Å². The molecule has 0 saturated heterocycles. The lowest BCUT2D eigenvalue weighted by atomic mass is 10.1. The Labute approximate surface area is 139 Å². The van der Waals surface area contributed by atoms with E-state index in [4.69, 9.17) is 10.5 Å². The molecule has 0 aliphatic rings. The van der Waals surface area contributed by atoms with Gasteiger partial charge in [0.15, 0.2) is 6.61 Å². The summed E-state index contributed by atoms with van der Waals surface area (Å²) in [6, 6.07) is 2.99. The summed E-state index contributed by atoms with van der Waals surface area (Å²) in [5, 5.41) is 13.2. The van der Waals surface area contributed by atoms with E-state index < -0.39 is 16.4 Å². The van der Waals surface area contributed by atoms with Crippen LogP contribution in [0.5, 0.6) is 5.75 Å². The largest absolute Gasteiger partial charge is 0.484 e. The molecule has 1 aromatic carbocycles. The molecule has 1 aromatic rings. The highest BCUT2D eigenvalue weighted by Gasteiger charge is 2.15. The summed E-state index contributed by atoms with van der Waals surface area (Å²) in [6.45, 7) is 2.07. The molecule has 3 N–H and O–H groups in total. The van der Waals surface area contributed by atoms with Gasteiger partial charge in [-0.25, -0.2) is 0 Å². The van der Waals surface area contributed by atoms with Crippen LogP contribution >= 0.6 is 12.4 Å². The number of benzene rings is 1. The van der Waals surface area contributed by atoms with Gasteiger partial charge in [0.2, 0.25) is 5.82 Å². The number of hydrogen-bond acceptors (Lipinski definition) is 5. The van der Waals surface area contributed by atoms with E-state index in [1.54, 1.807) is 0 Å². The van der Waals surface area contributed by atoms with Gasteiger partial charge in [-0.3, -0.25) is 14.9 Å². The molecule has 7 nitrogen and oxygen atoms in total. The predicted molar refractivity (Wildman–Crippen MR) is 86.3 cm³/mol. The van der Waals surface area contributed by atoms with Crippen LogP contribution in [0.3, 0.4) is 0 Å². The van der Waals surface area contributed by atoms with Gasteiger partial charge in [-0.2, -0.15) is 4.39 Å². The van der Waals surface area contributed by atoms with Crippen molar-refractivity contribution in [2.45, 2.75) is 32.2 Å².